The van der Waals surface area contributed by atoms with Gasteiger partial charge in [-0.15, -0.1) is 0 Å². The van der Waals surface area contributed by atoms with E-state index >= 15 is 0 Å². The predicted octanol–water partition coefficient (Wildman–Crippen LogP) is 2.68. The van der Waals surface area contributed by atoms with Gasteiger partial charge in [-0.1, -0.05) is 18.2 Å². The smallest absolute Gasteiger partial charge is 0.0704 e. The van der Waals surface area contributed by atoms with Crippen LogP contribution in [0.15, 0.2) is 36.5 Å². The minimum absolute atomic E-state index is 0.138. The highest BCUT2D eigenvalue weighted by molar-refractivity contribution is 5.81. The first-order chi connectivity index (χ1) is 9.27. The Balaban J connectivity index is 1.92. The molecule has 0 radical (unpaired) electrons. The van der Waals surface area contributed by atoms with Gasteiger partial charge >= 0.3 is 0 Å². The molecule has 0 saturated carbocycles. The molecule has 19 heavy (non-hydrogen) atoms. The number of para-hydroxylation sites is 1. The summed E-state index contributed by atoms with van der Waals surface area (Å²) in [6, 6.07) is 10.4. The minimum Gasteiger partial charge on any atom is -0.381 e. The van der Waals surface area contributed by atoms with E-state index in [0.29, 0.717) is 0 Å². The lowest BCUT2D eigenvalue weighted by Crippen LogP contribution is -2.42. The molecule has 1 aromatic heterocycles. The van der Waals surface area contributed by atoms with Crippen molar-refractivity contribution in [1.29, 1.82) is 0 Å². The van der Waals surface area contributed by atoms with Gasteiger partial charge in [0.15, 0.2) is 0 Å². The highest BCUT2D eigenvalue weighted by Gasteiger charge is 2.27. The molecular weight excluding hydrogens is 236 g/mol. The Morgan fingerprint density at radius 1 is 1.16 bits per heavy atom. The molecule has 0 aliphatic carbocycles. The Morgan fingerprint density at radius 3 is 3.00 bits per heavy atom. The Morgan fingerprint density at radius 2 is 2.05 bits per heavy atom. The van der Waals surface area contributed by atoms with Crippen molar-refractivity contribution in [2.24, 2.45) is 5.73 Å². The van der Waals surface area contributed by atoms with Crippen LogP contribution in [-0.4, -0.2) is 23.7 Å². The number of benzene rings is 1. The van der Waals surface area contributed by atoms with Gasteiger partial charge in [0, 0.05) is 30.3 Å². The van der Waals surface area contributed by atoms with Gasteiger partial charge in [-0.05, 0) is 43.4 Å². The van der Waals surface area contributed by atoms with E-state index in [1.807, 2.05) is 12.3 Å². The van der Waals surface area contributed by atoms with Crippen LogP contribution in [-0.2, 0) is 11.2 Å². The fourth-order valence-corrected chi connectivity index (χ4v) is 2.89. The van der Waals surface area contributed by atoms with Gasteiger partial charge in [-0.25, -0.2) is 0 Å². The third-order valence-corrected chi connectivity index (χ3v) is 3.99. The molecule has 1 aromatic carbocycles. The monoisotopic (exact) mass is 256 g/mol. The van der Waals surface area contributed by atoms with Crippen LogP contribution in [0.5, 0.6) is 0 Å². The zero-order valence-corrected chi connectivity index (χ0v) is 11.1. The first-order valence-corrected chi connectivity index (χ1v) is 6.96. The van der Waals surface area contributed by atoms with Crippen LogP contribution >= 0.6 is 0 Å². The van der Waals surface area contributed by atoms with Gasteiger partial charge in [-0.2, -0.15) is 0 Å². The Hall–Kier alpha value is -1.45. The SMILES string of the molecule is NC1(Cc2ccnc3ccccc23)CCCOCC1. The molecule has 1 atom stereocenters. The van der Waals surface area contributed by atoms with Gasteiger partial charge in [-0.3, -0.25) is 4.98 Å². The van der Waals surface area contributed by atoms with Crippen LogP contribution in [0.2, 0.25) is 0 Å². The van der Waals surface area contributed by atoms with Crippen LogP contribution in [0, 0.1) is 0 Å². The summed E-state index contributed by atoms with van der Waals surface area (Å²) < 4.78 is 5.52. The normalized spacial score (nSPS) is 24.3. The second kappa shape index (κ2) is 5.27. The van der Waals surface area contributed by atoms with Crippen LogP contribution in [0.1, 0.15) is 24.8 Å². The maximum Gasteiger partial charge on any atom is 0.0704 e. The van der Waals surface area contributed by atoms with Crippen molar-refractivity contribution in [1.82, 2.24) is 4.98 Å². The van der Waals surface area contributed by atoms with E-state index in [1.165, 1.54) is 10.9 Å². The molecule has 1 aliphatic heterocycles. The topological polar surface area (TPSA) is 48.1 Å². The maximum atomic E-state index is 6.58. The van der Waals surface area contributed by atoms with Crippen molar-refractivity contribution in [3.63, 3.8) is 0 Å². The fourth-order valence-electron chi connectivity index (χ4n) is 2.89. The van der Waals surface area contributed by atoms with Gasteiger partial charge in [0.1, 0.15) is 0 Å². The number of ether oxygens (including phenoxy) is 1. The van der Waals surface area contributed by atoms with E-state index in [4.69, 9.17) is 10.5 Å². The molecule has 0 bridgehead atoms. The van der Waals surface area contributed by atoms with E-state index in [-0.39, 0.29) is 5.54 Å². The highest BCUT2D eigenvalue weighted by Crippen LogP contribution is 2.26. The molecule has 1 saturated heterocycles. The largest absolute Gasteiger partial charge is 0.381 e. The van der Waals surface area contributed by atoms with Gasteiger partial charge in [0.05, 0.1) is 5.52 Å². The average molecular weight is 256 g/mol. The number of aromatic nitrogens is 1. The van der Waals surface area contributed by atoms with E-state index in [2.05, 4.69) is 29.2 Å². The number of pyridine rings is 1. The van der Waals surface area contributed by atoms with Crippen LogP contribution in [0.4, 0.5) is 0 Å². The summed E-state index contributed by atoms with van der Waals surface area (Å²) in [5, 5.41) is 1.22. The predicted molar refractivity (Wildman–Crippen MR) is 77.0 cm³/mol. The first-order valence-electron chi connectivity index (χ1n) is 6.96. The highest BCUT2D eigenvalue weighted by atomic mass is 16.5. The number of nitrogens with two attached hydrogens (primary N) is 1. The summed E-state index contributed by atoms with van der Waals surface area (Å²) in [6.07, 6.45) is 5.81. The van der Waals surface area contributed by atoms with Crippen molar-refractivity contribution in [3.8, 4) is 0 Å². The molecule has 3 nitrogen and oxygen atoms in total. The molecule has 2 N–H and O–H groups in total. The lowest BCUT2D eigenvalue weighted by molar-refractivity contribution is 0.139. The van der Waals surface area contributed by atoms with Crippen molar-refractivity contribution >= 4 is 10.9 Å². The van der Waals surface area contributed by atoms with Crippen LogP contribution < -0.4 is 5.73 Å². The third kappa shape index (κ3) is 2.77. The molecule has 3 rings (SSSR count). The molecule has 1 unspecified atom stereocenters. The summed E-state index contributed by atoms with van der Waals surface area (Å²) >= 11 is 0. The van der Waals surface area contributed by atoms with E-state index in [1.54, 1.807) is 0 Å². The summed E-state index contributed by atoms with van der Waals surface area (Å²) in [5.41, 5.74) is 8.79. The molecular formula is C16H20N2O. The fraction of sp³-hybridized carbons (Fsp3) is 0.438. The average Bonchev–Trinajstić information content (AvgIpc) is 2.64. The Kier molecular flexibility index (Phi) is 3.49. The summed E-state index contributed by atoms with van der Waals surface area (Å²) in [6.45, 7) is 1.62. The minimum atomic E-state index is -0.138. The number of rotatable bonds is 2. The second-order valence-electron chi connectivity index (χ2n) is 5.49. The number of hydrogen-bond acceptors (Lipinski definition) is 3. The van der Waals surface area contributed by atoms with Crippen molar-refractivity contribution in [2.45, 2.75) is 31.2 Å². The Bertz CT molecular complexity index is 554. The lowest BCUT2D eigenvalue weighted by atomic mass is 9.84. The summed E-state index contributed by atoms with van der Waals surface area (Å²) in [7, 11) is 0. The Labute approximate surface area is 113 Å². The maximum absolute atomic E-state index is 6.58. The first kappa shape index (κ1) is 12.6. The summed E-state index contributed by atoms with van der Waals surface area (Å²) in [4.78, 5) is 4.41. The molecule has 0 spiro atoms. The number of nitrogens with zero attached hydrogens (tertiary/aromatic N) is 1. The van der Waals surface area contributed by atoms with Crippen LogP contribution in [0.25, 0.3) is 10.9 Å². The van der Waals surface area contributed by atoms with Crippen molar-refractivity contribution in [3.05, 3.63) is 42.1 Å². The standard InChI is InChI=1S/C16H20N2O/c17-16(7-3-10-19-11-8-16)12-13-6-9-18-15-5-2-1-4-14(13)15/h1-2,4-6,9H,3,7-8,10-12,17H2. The molecule has 3 heteroatoms. The molecule has 1 fully saturated rings. The van der Waals surface area contributed by atoms with Gasteiger partial charge < -0.3 is 10.5 Å². The summed E-state index contributed by atoms with van der Waals surface area (Å²) in [5.74, 6) is 0. The molecule has 100 valence electrons. The van der Waals surface area contributed by atoms with E-state index in [0.717, 1.165) is 44.4 Å². The zero-order valence-electron chi connectivity index (χ0n) is 11.1. The van der Waals surface area contributed by atoms with E-state index < -0.39 is 0 Å². The second-order valence-corrected chi connectivity index (χ2v) is 5.49. The van der Waals surface area contributed by atoms with Crippen molar-refractivity contribution in [2.75, 3.05) is 13.2 Å². The molecule has 1 aliphatic rings. The molecule has 2 aromatic rings. The van der Waals surface area contributed by atoms with Crippen LogP contribution in [0.3, 0.4) is 0 Å². The van der Waals surface area contributed by atoms with Gasteiger partial charge in [0.2, 0.25) is 0 Å². The van der Waals surface area contributed by atoms with Gasteiger partial charge in [0.25, 0.3) is 0 Å². The molecule has 0 amide bonds. The van der Waals surface area contributed by atoms with E-state index in [9.17, 15) is 0 Å². The number of hydrogen-bond donors (Lipinski definition) is 1. The quantitative estimate of drug-likeness (QED) is 0.898. The third-order valence-electron chi connectivity index (χ3n) is 3.99. The lowest BCUT2D eigenvalue weighted by Gasteiger charge is -2.28. The molecule has 2 heterocycles. The van der Waals surface area contributed by atoms with Crippen molar-refractivity contribution < 1.29 is 4.74 Å². The zero-order chi connectivity index (χ0) is 13.1. The number of fused-ring (bicyclic) bond motifs is 1.